The van der Waals surface area contributed by atoms with Gasteiger partial charge in [-0.05, 0) is 18.9 Å². The first-order valence-corrected chi connectivity index (χ1v) is 7.00. The zero-order valence-corrected chi connectivity index (χ0v) is 11.9. The number of nitrogens with one attached hydrogen (secondary N) is 1. The minimum absolute atomic E-state index is 0.0642. The Kier molecular flexibility index (Phi) is 3.76. The Balaban J connectivity index is 1.75. The van der Waals surface area contributed by atoms with E-state index in [4.69, 9.17) is 4.74 Å². The second-order valence-corrected chi connectivity index (χ2v) is 5.33. The van der Waals surface area contributed by atoms with Crippen molar-refractivity contribution in [2.75, 3.05) is 19.8 Å². The number of ether oxygens (including phenoxy) is 1. The fraction of sp³-hybridized carbons (Fsp3) is 0.429. The van der Waals surface area contributed by atoms with E-state index in [1.54, 1.807) is 18.5 Å². The van der Waals surface area contributed by atoms with Crippen LogP contribution in [0.2, 0.25) is 0 Å². The van der Waals surface area contributed by atoms with Crippen LogP contribution in [0.4, 0.5) is 0 Å². The van der Waals surface area contributed by atoms with E-state index in [0.29, 0.717) is 37.3 Å². The summed E-state index contributed by atoms with van der Waals surface area (Å²) in [5.74, 6) is -1.28. The molecule has 1 aliphatic heterocycles. The van der Waals surface area contributed by atoms with E-state index < -0.39 is 11.4 Å². The molecule has 0 aliphatic carbocycles. The molecule has 0 atom stereocenters. The zero-order chi connectivity index (χ0) is 15.6. The van der Waals surface area contributed by atoms with Crippen molar-refractivity contribution in [3.63, 3.8) is 0 Å². The number of amides is 1. The van der Waals surface area contributed by atoms with Crippen LogP contribution in [0.15, 0.2) is 24.7 Å². The number of nitrogens with zero attached hydrogens (tertiary/aromatic N) is 3. The highest BCUT2D eigenvalue weighted by Crippen LogP contribution is 2.30. The van der Waals surface area contributed by atoms with Crippen molar-refractivity contribution >= 4 is 17.5 Å². The molecular weight excluding hydrogens is 288 g/mol. The molecule has 8 heteroatoms. The van der Waals surface area contributed by atoms with Crippen molar-refractivity contribution in [2.45, 2.75) is 12.8 Å². The van der Waals surface area contributed by atoms with Gasteiger partial charge in [-0.3, -0.25) is 9.59 Å². The molecule has 0 radical (unpaired) electrons. The lowest BCUT2D eigenvalue weighted by Crippen LogP contribution is -2.46. The summed E-state index contributed by atoms with van der Waals surface area (Å²) in [6.07, 6.45) is 5.46. The van der Waals surface area contributed by atoms with Crippen molar-refractivity contribution in [2.24, 2.45) is 5.41 Å². The molecular formula is C14H16N4O4. The number of hydrogen-bond acceptors (Lipinski definition) is 5. The fourth-order valence-corrected chi connectivity index (χ4v) is 2.56. The summed E-state index contributed by atoms with van der Waals surface area (Å²) in [6, 6.07) is 1.71. The number of carboxylic acid groups (broad SMARTS) is 1. The summed E-state index contributed by atoms with van der Waals surface area (Å²) in [5, 5.41) is 16.2. The lowest BCUT2D eigenvalue weighted by atomic mass is 9.80. The summed E-state index contributed by atoms with van der Waals surface area (Å²) in [4.78, 5) is 28.0. The SMILES string of the molecule is O=C(NCC1(C(=O)O)CCOCC1)c1cnn2cccnc12. The van der Waals surface area contributed by atoms with Crippen LogP contribution in [-0.4, -0.2) is 51.3 Å². The maximum Gasteiger partial charge on any atom is 0.311 e. The average Bonchev–Trinajstić information content (AvgIpc) is 2.97. The molecule has 1 fully saturated rings. The van der Waals surface area contributed by atoms with Crippen LogP contribution in [0.25, 0.3) is 5.65 Å². The number of aliphatic carboxylic acids is 1. The second kappa shape index (κ2) is 5.72. The van der Waals surface area contributed by atoms with E-state index in [2.05, 4.69) is 15.4 Å². The molecule has 0 saturated carbocycles. The number of rotatable bonds is 4. The summed E-state index contributed by atoms with van der Waals surface area (Å²) in [7, 11) is 0. The Morgan fingerprint density at radius 2 is 2.18 bits per heavy atom. The molecule has 8 nitrogen and oxygen atoms in total. The molecule has 2 N–H and O–H groups in total. The quantitative estimate of drug-likeness (QED) is 0.843. The Bertz CT molecular complexity index is 706. The van der Waals surface area contributed by atoms with E-state index in [0.717, 1.165) is 0 Å². The summed E-state index contributed by atoms with van der Waals surface area (Å²) >= 11 is 0. The highest BCUT2D eigenvalue weighted by Gasteiger charge is 2.40. The maximum atomic E-state index is 12.3. The first kappa shape index (κ1) is 14.5. The predicted octanol–water partition coefficient (Wildman–Crippen LogP) is 0.341. The minimum Gasteiger partial charge on any atom is -0.481 e. The third-order valence-corrected chi connectivity index (χ3v) is 4.01. The molecule has 3 rings (SSSR count). The first-order chi connectivity index (χ1) is 10.6. The van der Waals surface area contributed by atoms with Crippen LogP contribution in [-0.2, 0) is 9.53 Å². The number of aromatic nitrogens is 3. The Labute approximate surface area is 126 Å². The molecule has 0 bridgehead atoms. The molecule has 3 heterocycles. The average molecular weight is 304 g/mol. The predicted molar refractivity (Wildman–Crippen MR) is 75.4 cm³/mol. The number of carboxylic acids is 1. The van der Waals surface area contributed by atoms with Gasteiger partial charge in [-0.1, -0.05) is 0 Å². The molecule has 1 amide bonds. The minimum atomic E-state index is -0.968. The van der Waals surface area contributed by atoms with Crippen molar-refractivity contribution in [3.8, 4) is 0 Å². The number of fused-ring (bicyclic) bond motifs is 1. The van der Waals surface area contributed by atoms with Gasteiger partial charge in [-0.25, -0.2) is 9.50 Å². The van der Waals surface area contributed by atoms with E-state index >= 15 is 0 Å². The molecule has 0 unspecified atom stereocenters. The highest BCUT2D eigenvalue weighted by atomic mass is 16.5. The van der Waals surface area contributed by atoms with Gasteiger partial charge < -0.3 is 15.2 Å². The van der Waals surface area contributed by atoms with Gasteiger partial charge in [0.25, 0.3) is 5.91 Å². The van der Waals surface area contributed by atoms with Gasteiger partial charge in [0.05, 0.1) is 11.6 Å². The number of carbonyl (C=O) groups excluding carboxylic acids is 1. The van der Waals surface area contributed by atoms with Gasteiger partial charge in [0.15, 0.2) is 5.65 Å². The maximum absolute atomic E-state index is 12.3. The van der Waals surface area contributed by atoms with Gasteiger partial charge >= 0.3 is 5.97 Å². The van der Waals surface area contributed by atoms with Gasteiger partial charge in [0.2, 0.25) is 0 Å². The molecule has 22 heavy (non-hydrogen) atoms. The molecule has 116 valence electrons. The van der Waals surface area contributed by atoms with Crippen molar-refractivity contribution in [3.05, 3.63) is 30.2 Å². The monoisotopic (exact) mass is 304 g/mol. The van der Waals surface area contributed by atoms with Crippen LogP contribution in [0.5, 0.6) is 0 Å². The van der Waals surface area contributed by atoms with Crippen LogP contribution >= 0.6 is 0 Å². The van der Waals surface area contributed by atoms with E-state index in [1.807, 2.05) is 0 Å². The van der Waals surface area contributed by atoms with E-state index in [1.165, 1.54) is 10.7 Å². The molecule has 0 spiro atoms. The number of hydrogen-bond donors (Lipinski definition) is 2. The highest BCUT2D eigenvalue weighted by molar-refractivity contribution is 5.99. The topological polar surface area (TPSA) is 106 Å². The summed E-state index contributed by atoms with van der Waals surface area (Å²) in [5.41, 5.74) is -0.200. The molecule has 2 aromatic rings. The largest absolute Gasteiger partial charge is 0.481 e. The smallest absolute Gasteiger partial charge is 0.311 e. The van der Waals surface area contributed by atoms with Crippen molar-refractivity contribution in [1.29, 1.82) is 0 Å². The third kappa shape index (κ3) is 2.52. The second-order valence-electron chi connectivity index (χ2n) is 5.33. The van der Waals surface area contributed by atoms with Crippen LogP contribution < -0.4 is 5.32 Å². The molecule has 1 aliphatic rings. The van der Waals surface area contributed by atoms with Crippen LogP contribution in [0.3, 0.4) is 0 Å². The fourth-order valence-electron chi connectivity index (χ4n) is 2.56. The summed E-state index contributed by atoms with van der Waals surface area (Å²) in [6.45, 7) is 0.843. The Hall–Kier alpha value is -2.48. The Morgan fingerprint density at radius 3 is 2.91 bits per heavy atom. The van der Waals surface area contributed by atoms with Crippen LogP contribution in [0, 0.1) is 5.41 Å². The van der Waals surface area contributed by atoms with Gasteiger partial charge in [0.1, 0.15) is 5.56 Å². The van der Waals surface area contributed by atoms with Gasteiger partial charge in [-0.2, -0.15) is 5.10 Å². The van der Waals surface area contributed by atoms with Crippen LogP contribution in [0.1, 0.15) is 23.2 Å². The van der Waals surface area contributed by atoms with Crippen molar-refractivity contribution in [1.82, 2.24) is 19.9 Å². The zero-order valence-electron chi connectivity index (χ0n) is 11.9. The lowest BCUT2D eigenvalue weighted by molar-refractivity contribution is -0.154. The lowest BCUT2D eigenvalue weighted by Gasteiger charge is -2.33. The van der Waals surface area contributed by atoms with Gasteiger partial charge in [0, 0.05) is 32.2 Å². The van der Waals surface area contributed by atoms with Gasteiger partial charge in [-0.15, -0.1) is 0 Å². The first-order valence-electron chi connectivity index (χ1n) is 7.00. The Morgan fingerprint density at radius 1 is 1.41 bits per heavy atom. The third-order valence-electron chi connectivity index (χ3n) is 4.01. The molecule has 0 aromatic carbocycles. The molecule has 1 saturated heterocycles. The number of carbonyl (C=O) groups is 2. The summed E-state index contributed by atoms with van der Waals surface area (Å²) < 4.78 is 6.71. The van der Waals surface area contributed by atoms with Crippen molar-refractivity contribution < 1.29 is 19.4 Å². The molecule has 2 aromatic heterocycles. The van der Waals surface area contributed by atoms with E-state index in [9.17, 15) is 14.7 Å². The normalized spacial score (nSPS) is 17.3. The van der Waals surface area contributed by atoms with E-state index in [-0.39, 0.29) is 12.5 Å². The standard InChI is InChI=1S/C14H16N4O4/c19-12(10-8-17-18-5-1-4-15-11(10)18)16-9-14(13(20)21)2-6-22-7-3-14/h1,4-5,8H,2-3,6-7,9H2,(H,16,19)(H,20,21).